The third kappa shape index (κ3) is 3.76. The van der Waals surface area contributed by atoms with Gasteiger partial charge in [0.1, 0.15) is 10.7 Å². The lowest BCUT2D eigenvalue weighted by Crippen LogP contribution is -2.31. The van der Waals surface area contributed by atoms with Gasteiger partial charge in [-0.2, -0.15) is 0 Å². The molecule has 8 heteroatoms. The molecule has 5 nitrogen and oxygen atoms in total. The summed E-state index contributed by atoms with van der Waals surface area (Å²) in [7, 11) is -3.98. The average Bonchev–Trinajstić information content (AvgIpc) is 2.45. The Hall–Kier alpha value is -1.54. The van der Waals surface area contributed by atoms with Crippen LogP contribution >= 0.6 is 11.6 Å². The fourth-order valence-electron chi connectivity index (χ4n) is 1.75. The highest BCUT2D eigenvalue weighted by Crippen LogP contribution is 2.20. The highest BCUT2D eigenvalue weighted by molar-refractivity contribution is 7.89. The normalized spacial score (nSPS) is 13.1. The predicted molar refractivity (Wildman–Crippen MR) is 75.8 cm³/mol. The van der Waals surface area contributed by atoms with E-state index in [0.717, 1.165) is 6.20 Å². The van der Waals surface area contributed by atoms with Crippen LogP contribution in [0.4, 0.5) is 4.39 Å². The van der Waals surface area contributed by atoms with Crippen LogP contribution in [0.15, 0.2) is 47.6 Å². The van der Waals surface area contributed by atoms with Crippen molar-refractivity contribution in [2.24, 2.45) is 0 Å². The van der Waals surface area contributed by atoms with Gasteiger partial charge >= 0.3 is 0 Å². The van der Waals surface area contributed by atoms with Gasteiger partial charge in [-0.3, -0.25) is 4.98 Å². The standard InChI is InChI=1S/C13H12ClFN2O3S/c14-9-5-10(7-16-6-9)21(19,20)17-13(8-18)11-3-1-2-4-12(11)15/h1-7,13,17-18H,8H2/t13-/m0/s1. The van der Waals surface area contributed by atoms with Gasteiger partial charge in [-0.15, -0.1) is 0 Å². The molecule has 1 atom stereocenters. The molecular weight excluding hydrogens is 319 g/mol. The SMILES string of the molecule is O=S(=O)(N[C@@H](CO)c1ccccc1F)c1cncc(Cl)c1. The van der Waals surface area contributed by atoms with E-state index >= 15 is 0 Å². The summed E-state index contributed by atoms with van der Waals surface area (Å²) in [6, 6.07) is 5.73. The first-order chi connectivity index (χ1) is 9.94. The van der Waals surface area contributed by atoms with Crippen LogP contribution in [-0.4, -0.2) is 25.1 Å². The summed E-state index contributed by atoms with van der Waals surface area (Å²) >= 11 is 5.70. The molecule has 112 valence electrons. The van der Waals surface area contributed by atoms with E-state index in [4.69, 9.17) is 11.6 Å². The number of aromatic nitrogens is 1. The lowest BCUT2D eigenvalue weighted by Gasteiger charge is -2.17. The van der Waals surface area contributed by atoms with Crippen LogP contribution < -0.4 is 4.72 Å². The lowest BCUT2D eigenvalue weighted by molar-refractivity contribution is 0.256. The van der Waals surface area contributed by atoms with Gasteiger partial charge in [0.15, 0.2) is 0 Å². The zero-order chi connectivity index (χ0) is 15.5. The molecule has 0 saturated heterocycles. The molecule has 0 unspecified atom stereocenters. The Bertz CT molecular complexity index is 740. The van der Waals surface area contributed by atoms with Crippen molar-refractivity contribution in [1.82, 2.24) is 9.71 Å². The van der Waals surface area contributed by atoms with Gasteiger partial charge in [-0.25, -0.2) is 17.5 Å². The number of pyridine rings is 1. The number of sulfonamides is 1. The van der Waals surface area contributed by atoms with Crippen LogP contribution in [0.5, 0.6) is 0 Å². The fourth-order valence-corrected chi connectivity index (χ4v) is 3.18. The minimum Gasteiger partial charge on any atom is -0.394 e. The van der Waals surface area contributed by atoms with Crippen molar-refractivity contribution in [3.63, 3.8) is 0 Å². The summed E-state index contributed by atoms with van der Waals surface area (Å²) in [6.07, 6.45) is 2.41. The van der Waals surface area contributed by atoms with Gasteiger partial charge in [0, 0.05) is 18.0 Å². The van der Waals surface area contributed by atoms with Crippen molar-refractivity contribution >= 4 is 21.6 Å². The number of benzene rings is 1. The van der Waals surface area contributed by atoms with E-state index in [1.165, 1.54) is 30.5 Å². The minimum absolute atomic E-state index is 0.0542. The van der Waals surface area contributed by atoms with Crippen LogP contribution in [0.2, 0.25) is 5.02 Å². The first-order valence-corrected chi connectivity index (χ1v) is 7.78. The molecule has 0 aliphatic rings. The van der Waals surface area contributed by atoms with E-state index < -0.39 is 28.5 Å². The van der Waals surface area contributed by atoms with E-state index in [0.29, 0.717) is 0 Å². The molecule has 0 radical (unpaired) electrons. The van der Waals surface area contributed by atoms with Gasteiger partial charge in [0.05, 0.1) is 17.7 Å². The van der Waals surface area contributed by atoms with Gasteiger partial charge in [-0.05, 0) is 12.1 Å². The number of hydrogen-bond donors (Lipinski definition) is 2. The second kappa shape index (κ2) is 6.48. The Morgan fingerprint density at radius 3 is 2.67 bits per heavy atom. The Balaban J connectivity index is 2.32. The molecule has 0 amide bonds. The summed E-state index contributed by atoms with van der Waals surface area (Å²) < 4.78 is 40.3. The van der Waals surface area contributed by atoms with E-state index in [1.807, 2.05) is 0 Å². The molecule has 1 aromatic heterocycles. The highest BCUT2D eigenvalue weighted by atomic mass is 35.5. The van der Waals surface area contributed by atoms with E-state index in [2.05, 4.69) is 9.71 Å². The molecule has 2 rings (SSSR count). The van der Waals surface area contributed by atoms with Crippen molar-refractivity contribution in [2.45, 2.75) is 10.9 Å². The topological polar surface area (TPSA) is 79.3 Å². The molecular formula is C13H12ClFN2O3S. The number of halogens is 2. The molecule has 21 heavy (non-hydrogen) atoms. The largest absolute Gasteiger partial charge is 0.394 e. The Morgan fingerprint density at radius 1 is 1.33 bits per heavy atom. The third-order valence-electron chi connectivity index (χ3n) is 2.75. The van der Waals surface area contributed by atoms with Crippen LogP contribution in [-0.2, 0) is 10.0 Å². The number of nitrogens with one attached hydrogen (secondary N) is 1. The van der Waals surface area contributed by atoms with Crippen LogP contribution in [0, 0.1) is 5.82 Å². The Labute approximate surface area is 126 Å². The van der Waals surface area contributed by atoms with Gasteiger partial charge in [-0.1, -0.05) is 29.8 Å². The van der Waals surface area contributed by atoms with Crippen molar-refractivity contribution in [1.29, 1.82) is 0 Å². The smallest absolute Gasteiger partial charge is 0.242 e. The molecule has 1 heterocycles. The fraction of sp³-hybridized carbons (Fsp3) is 0.154. The van der Waals surface area contributed by atoms with Crippen LogP contribution in [0.3, 0.4) is 0 Å². The molecule has 0 aliphatic carbocycles. The molecule has 0 fully saturated rings. The Morgan fingerprint density at radius 2 is 2.05 bits per heavy atom. The third-order valence-corrected chi connectivity index (χ3v) is 4.40. The summed E-state index contributed by atoms with van der Waals surface area (Å²) in [5.74, 6) is -0.608. The number of hydrogen-bond acceptors (Lipinski definition) is 4. The van der Waals surface area contributed by atoms with E-state index in [1.54, 1.807) is 6.07 Å². The predicted octanol–water partition coefficient (Wildman–Crippen LogP) is 1.89. The molecule has 0 saturated carbocycles. The molecule has 0 spiro atoms. The molecule has 0 bridgehead atoms. The number of rotatable bonds is 5. The summed E-state index contributed by atoms with van der Waals surface area (Å²) in [5.41, 5.74) is 0.0542. The van der Waals surface area contributed by atoms with Crippen LogP contribution in [0.25, 0.3) is 0 Å². The zero-order valence-electron chi connectivity index (χ0n) is 10.7. The first kappa shape index (κ1) is 15.8. The molecule has 2 aromatic rings. The molecule has 1 aromatic carbocycles. The second-order valence-corrected chi connectivity index (χ2v) is 6.37. The second-order valence-electron chi connectivity index (χ2n) is 4.22. The van der Waals surface area contributed by atoms with E-state index in [9.17, 15) is 17.9 Å². The average molecular weight is 331 g/mol. The first-order valence-electron chi connectivity index (χ1n) is 5.92. The van der Waals surface area contributed by atoms with Gasteiger partial charge in [0.25, 0.3) is 0 Å². The van der Waals surface area contributed by atoms with E-state index in [-0.39, 0.29) is 15.5 Å². The maximum atomic E-state index is 13.7. The van der Waals surface area contributed by atoms with Gasteiger partial charge in [0.2, 0.25) is 10.0 Å². The lowest BCUT2D eigenvalue weighted by atomic mass is 10.1. The number of nitrogens with zero attached hydrogens (tertiary/aromatic N) is 1. The van der Waals surface area contributed by atoms with Crippen molar-refractivity contribution in [2.75, 3.05) is 6.61 Å². The zero-order valence-corrected chi connectivity index (χ0v) is 12.3. The quantitative estimate of drug-likeness (QED) is 0.877. The molecule has 2 N–H and O–H groups in total. The summed E-state index contributed by atoms with van der Waals surface area (Å²) in [5, 5.41) is 9.49. The number of aliphatic hydroxyl groups is 1. The van der Waals surface area contributed by atoms with Gasteiger partial charge < -0.3 is 5.11 Å². The highest BCUT2D eigenvalue weighted by Gasteiger charge is 2.23. The molecule has 0 aliphatic heterocycles. The van der Waals surface area contributed by atoms with Crippen molar-refractivity contribution < 1.29 is 17.9 Å². The minimum atomic E-state index is -3.98. The summed E-state index contributed by atoms with van der Waals surface area (Å²) in [4.78, 5) is 3.52. The number of aliphatic hydroxyl groups excluding tert-OH is 1. The summed E-state index contributed by atoms with van der Waals surface area (Å²) in [6.45, 7) is -0.589. The maximum Gasteiger partial charge on any atom is 0.242 e. The van der Waals surface area contributed by atoms with Crippen molar-refractivity contribution in [3.8, 4) is 0 Å². The van der Waals surface area contributed by atoms with Crippen LogP contribution in [0.1, 0.15) is 11.6 Å². The maximum absolute atomic E-state index is 13.7. The Kier molecular flexibility index (Phi) is 4.89. The van der Waals surface area contributed by atoms with Crippen molar-refractivity contribution in [3.05, 3.63) is 59.1 Å². The monoisotopic (exact) mass is 330 g/mol.